The Morgan fingerprint density at radius 3 is 3.00 bits per heavy atom. The first-order valence-electron chi connectivity index (χ1n) is 6.03. The number of nitrogens with zero attached hydrogens (tertiary/aromatic N) is 1. The molecule has 0 unspecified atom stereocenters. The SMILES string of the molecule is c1nc(CNCCCC2CCCC2)cs1. The molecule has 1 aromatic rings. The first-order chi connectivity index (χ1) is 7.45. The molecule has 1 aliphatic rings. The van der Waals surface area contributed by atoms with Gasteiger partial charge in [0, 0.05) is 11.9 Å². The van der Waals surface area contributed by atoms with E-state index in [-0.39, 0.29) is 0 Å². The highest BCUT2D eigenvalue weighted by Gasteiger charge is 2.13. The second kappa shape index (κ2) is 6.23. The largest absolute Gasteiger partial charge is 0.311 e. The Morgan fingerprint density at radius 1 is 1.40 bits per heavy atom. The van der Waals surface area contributed by atoms with Crippen LogP contribution in [0.5, 0.6) is 0 Å². The zero-order valence-corrected chi connectivity index (χ0v) is 10.1. The monoisotopic (exact) mass is 224 g/mol. The van der Waals surface area contributed by atoms with Gasteiger partial charge in [0.1, 0.15) is 0 Å². The number of hydrogen-bond donors (Lipinski definition) is 1. The third-order valence-electron chi connectivity index (χ3n) is 3.23. The van der Waals surface area contributed by atoms with E-state index in [1.807, 2.05) is 5.51 Å². The fourth-order valence-corrected chi connectivity index (χ4v) is 2.91. The second-order valence-corrected chi connectivity index (χ2v) is 5.17. The normalized spacial score (nSPS) is 17.3. The van der Waals surface area contributed by atoms with Gasteiger partial charge in [-0.15, -0.1) is 11.3 Å². The summed E-state index contributed by atoms with van der Waals surface area (Å²) in [6.07, 6.45) is 8.64. The molecule has 15 heavy (non-hydrogen) atoms. The van der Waals surface area contributed by atoms with Crippen LogP contribution in [0.15, 0.2) is 10.9 Å². The van der Waals surface area contributed by atoms with Crippen molar-refractivity contribution in [2.24, 2.45) is 5.92 Å². The van der Waals surface area contributed by atoms with Crippen molar-refractivity contribution in [3.05, 3.63) is 16.6 Å². The van der Waals surface area contributed by atoms with Crippen molar-refractivity contribution in [3.63, 3.8) is 0 Å². The molecule has 0 aromatic carbocycles. The minimum absolute atomic E-state index is 0.939. The summed E-state index contributed by atoms with van der Waals surface area (Å²) >= 11 is 1.67. The van der Waals surface area contributed by atoms with Gasteiger partial charge in [0.05, 0.1) is 11.2 Å². The van der Waals surface area contributed by atoms with Crippen molar-refractivity contribution in [2.45, 2.75) is 45.1 Å². The standard InChI is InChI=1S/C12H20N2S/c1-2-5-11(4-1)6-3-7-13-8-12-9-15-10-14-12/h9-11,13H,1-8H2. The van der Waals surface area contributed by atoms with Gasteiger partial charge in [0.25, 0.3) is 0 Å². The third kappa shape index (κ3) is 3.92. The number of aromatic nitrogens is 1. The zero-order valence-electron chi connectivity index (χ0n) is 9.24. The van der Waals surface area contributed by atoms with Crippen molar-refractivity contribution in [3.8, 4) is 0 Å². The summed E-state index contributed by atoms with van der Waals surface area (Å²) in [7, 11) is 0. The molecule has 84 valence electrons. The maximum atomic E-state index is 4.25. The molecule has 0 saturated heterocycles. The van der Waals surface area contributed by atoms with Crippen molar-refractivity contribution >= 4 is 11.3 Å². The quantitative estimate of drug-likeness (QED) is 0.751. The van der Waals surface area contributed by atoms with Gasteiger partial charge in [0.15, 0.2) is 0 Å². The van der Waals surface area contributed by atoms with E-state index in [2.05, 4.69) is 15.7 Å². The highest BCUT2D eigenvalue weighted by atomic mass is 32.1. The Morgan fingerprint density at radius 2 is 2.27 bits per heavy atom. The van der Waals surface area contributed by atoms with Crippen LogP contribution in [0.1, 0.15) is 44.2 Å². The number of nitrogens with one attached hydrogen (secondary N) is 1. The van der Waals surface area contributed by atoms with Crippen LogP contribution >= 0.6 is 11.3 Å². The molecule has 0 bridgehead atoms. The van der Waals surface area contributed by atoms with Gasteiger partial charge in [-0.05, 0) is 25.3 Å². The summed E-state index contributed by atoms with van der Waals surface area (Å²) in [6, 6.07) is 0. The maximum absolute atomic E-state index is 4.25. The smallest absolute Gasteiger partial charge is 0.0795 e. The van der Waals surface area contributed by atoms with E-state index in [4.69, 9.17) is 0 Å². The molecule has 1 saturated carbocycles. The van der Waals surface area contributed by atoms with Crippen molar-refractivity contribution in [1.82, 2.24) is 10.3 Å². The Kier molecular flexibility index (Phi) is 4.61. The third-order valence-corrected chi connectivity index (χ3v) is 3.87. The molecular weight excluding hydrogens is 204 g/mol. The average Bonchev–Trinajstić information content (AvgIpc) is 2.88. The van der Waals surface area contributed by atoms with E-state index in [0.717, 1.165) is 19.0 Å². The molecule has 0 amide bonds. The highest BCUT2D eigenvalue weighted by molar-refractivity contribution is 7.07. The molecule has 1 fully saturated rings. The molecule has 0 aliphatic heterocycles. The van der Waals surface area contributed by atoms with Crippen LogP contribution in [-0.4, -0.2) is 11.5 Å². The topological polar surface area (TPSA) is 24.9 Å². The van der Waals surface area contributed by atoms with Gasteiger partial charge >= 0.3 is 0 Å². The minimum atomic E-state index is 0.939. The van der Waals surface area contributed by atoms with Crippen molar-refractivity contribution in [2.75, 3.05) is 6.54 Å². The summed E-state index contributed by atoms with van der Waals surface area (Å²) in [6.45, 7) is 2.09. The van der Waals surface area contributed by atoms with Gasteiger partial charge < -0.3 is 5.32 Å². The minimum Gasteiger partial charge on any atom is -0.311 e. The highest BCUT2D eigenvalue weighted by Crippen LogP contribution is 2.28. The molecule has 0 spiro atoms. The Hall–Kier alpha value is -0.410. The lowest BCUT2D eigenvalue weighted by Crippen LogP contribution is -2.15. The fraction of sp³-hybridized carbons (Fsp3) is 0.750. The van der Waals surface area contributed by atoms with Gasteiger partial charge in [-0.3, -0.25) is 0 Å². The Bertz CT molecular complexity index is 253. The van der Waals surface area contributed by atoms with Crippen molar-refractivity contribution in [1.29, 1.82) is 0 Å². The number of rotatable bonds is 6. The lowest BCUT2D eigenvalue weighted by molar-refractivity contribution is 0.470. The molecular formula is C12H20N2S. The molecule has 1 aromatic heterocycles. The number of hydrogen-bond acceptors (Lipinski definition) is 3. The van der Waals surface area contributed by atoms with Crippen LogP contribution < -0.4 is 5.32 Å². The van der Waals surface area contributed by atoms with Crippen LogP contribution in [0.25, 0.3) is 0 Å². The summed E-state index contributed by atoms with van der Waals surface area (Å²) in [5.74, 6) is 1.03. The molecule has 2 nitrogen and oxygen atoms in total. The van der Waals surface area contributed by atoms with E-state index in [9.17, 15) is 0 Å². The molecule has 3 heteroatoms. The number of thiazole rings is 1. The van der Waals surface area contributed by atoms with Gasteiger partial charge in [0.2, 0.25) is 0 Å². The van der Waals surface area contributed by atoms with Gasteiger partial charge in [-0.2, -0.15) is 0 Å². The molecule has 0 radical (unpaired) electrons. The van der Waals surface area contributed by atoms with Crippen LogP contribution in [0.2, 0.25) is 0 Å². The van der Waals surface area contributed by atoms with Crippen molar-refractivity contribution < 1.29 is 0 Å². The van der Waals surface area contributed by atoms with Crippen LogP contribution in [0.3, 0.4) is 0 Å². The lowest BCUT2D eigenvalue weighted by atomic mass is 10.0. The first kappa shape index (κ1) is 11.1. The average molecular weight is 224 g/mol. The van der Waals surface area contributed by atoms with E-state index < -0.39 is 0 Å². The van der Waals surface area contributed by atoms with Crippen LogP contribution in [0.4, 0.5) is 0 Å². The van der Waals surface area contributed by atoms with Crippen LogP contribution in [0, 0.1) is 5.92 Å². The Balaban J connectivity index is 1.48. The van der Waals surface area contributed by atoms with E-state index in [0.29, 0.717) is 0 Å². The van der Waals surface area contributed by atoms with E-state index >= 15 is 0 Å². The van der Waals surface area contributed by atoms with Gasteiger partial charge in [-0.25, -0.2) is 4.98 Å². The summed E-state index contributed by atoms with van der Waals surface area (Å²) < 4.78 is 0. The molecule has 1 heterocycles. The fourth-order valence-electron chi connectivity index (χ4n) is 2.36. The second-order valence-electron chi connectivity index (χ2n) is 4.45. The lowest BCUT2D eigenvalue weighted by Gasteiger charge is -2.08. The van der Waals surface area contributed by atoms with E-state index in [1.54, 1.807) is 11.3 Å². The van der Waals surface area contributed by atoms with Gasteiger partial charge in [-0.1, -0.05) is 25.7 Å². The Labute approximate surface area is 96.1 Å². The molecule has 2 rings (SSSR count). The van der Waals surface area contributed by atoms with Crippen LogP contribution in [-0.2, 0) is 6.54 Å². The molecule has 1 N–H and O–H groups in total. The summed E-state index contributed by atoms with van der Waals surface area (Å²) in [4.78, 5) is 4.25. The molecule has 0 atom stereocenters. The zero-order chi connectivity index (χ0) is 10.3. The first-order valence-corrected chi connectivity index (χ1v) is 6.97. The maximum Gasteiger partial charge on any atom is 0.0795 e. The summed E-state index contributed by atoms with van der Waals surface area (Å²) in [5, 5.41) is 5.57. The molecule has 1 aliphatic carbocycles. The predicted molar refractivity (Wildman–Crippen MR) is 65.0 cm³/mol. The van der Waals surface area contributed by atoms with E-state index in [1.165, 1.54) is 44.2 Å². The summed E-state index contributed by atoms with van der Waals surface area (Å²) in [5.41, 5.74) is 3.08. The predicted octanol–water partition coefficient (Wildman–Crippen LogP) is 3.20.